The smallest absolute Gasteiger partial charge is 0.273 e. The van der Waals surface area contributed by atoms with E-state index in [1.807, 2.05) is 50.2 Å². The maximum atomic E-state index is 15.7. The molecule has 4 rings (SSSR count). The lowest BCUT2D eigenvalue weighted by Crippen LogP contribution is -2.47. The minimum absolute atomic E-state index is 0.0165. The van der Waals surface area contributed by atoms with Gasteiger partial charge in [-0.1, -0.05) is 87.0 Å². The zero-order valence-corrected chi connectivity index (χ0v) is 24.1. The number of hydrogen-bond donors (Lipinski definition) is 2. The summed E-state index contributed by atoms with van der Waals surface area (Å²) in [5, 5.41) is 7.05. The summed E-state index contributed by atoms with van der Waals surface area (Å²) < 4.78 is 45.4. The van der Waals surface area contributed by atoms with Crippen LogP contribution in [0.15, 0.2) is 104 Å². The average Bonchev–Trinajstić information content (AvgIpc) is 2.96. The Bertz CT molecular complexity index is 1460. The quantitative estimate of drug-likeness (QED) is 0.166. The van der Waals surface area contributed by atoms with Gasteiger partial charge in [-0.15, -0.1) is 0 Å². The predicted octanol–water partition coefficient (Wildman–Crippen LogP) is 9.38. The second-order valence-corrected chi connectivity index (χ2v) is 10.6. The van der Waals surface area contributed by atoms with Crippen molar-refractivity contribution in [2.45, 2.75) is 57.4 Å². The molecule has 0 radical (unpaired) electrons. The first kappa shape index (κ1) is 30.2. The van der Waals surface area contributed by atoms with Crippen LogP contribution in [0.2, 0.25) is 5.02 Å². The van der Waals surface area contributed by atoms with Crippen molar-refractivity contribution in [3.8, 4) is 0 Å². The molecule has 0 aliphatic rings. The highest BCUT2D eigenvalue weighted by molar-refractivity contribution is 6.30. The number of aromatic nitrogens is 1. The molecule has 0 fully saturated rings. The van der Waals surface area contributed by atoms with Gasteiger partial charge < -0.3 is 10.6 Å². The Balaban J connectivity index is 1.91. The van der Waals surface area contributed by atoms with Crippen LogP contribution < -0.4 is 10.6 Å². The van der Waals surface area contributed by atoms with Gasteiger partial charge in [-0.3, -0.25) is 4.98 Å². The van der Waals surface area contributed by atoms with E-state index in [0.717, 1.165) is 5.56 Å². The van der Waals surface area contributed by atoms with Crippen molar-refractivity contribution in [2.24, 2.45) is 0 Å². The number of benzene rings is 3. The molecule has 0 spiro atoms. The summed E-state index contributed by atoms with van der Waals surface area (Å²) in [4.78, 5) is 4.67. The number of anilines is 1. The first-order valence-electron chi connectivity index (χ1n) is 13.8. The van der Waals surface area contributed by atoms with Crippen molar-refractivity contribution < 1.29 is 13.2 Å². The van der Waals surface area contributed by atoms with Gasteiger partial charge in [-0.2, -0.15) is 0 Å². The number of rotatable bonds is 13. The van der Waals surface area contributed by atoms with Crippen LogP contribution in [0.1, 0.15) is 61.1 Å². The van der Waals surface area contributed by atoms with Crippen LogP contribution in [0.5, 0.6) is 0 Å². The molecule has 0 unspecified atom stereocenters. The number of nitrogens with zero attached hydrogens (tertiary/aromatic N) is 1. The van der Waals surface area contributed by atoms with Crippen molar-refractivity contribution >= 4 is 17.3 Å². The van der Waals surface area contributed by atoms with Crippen LogP contribution in [0.25, 0.3) is 0 Å². The molecule has 0 saturated heterocycles. The molecule has 1 heterocycles. The molecule has 0 bridgehead atoms. The van der Waals surface area contributed by atoms with E-state index in [4.69, 9.17) is 11.6 Å². The van der Waals surface area contributed by atoms with Crippen molar-refractivity contribution in [3.05, 3.63) is 142 Å². The second-order valence-electron chi connectivity index (χ2n) is 10.2. The molecular formula is C34H35ClF3N3. The summed E-state index contributed by atoms with van der Waals surface area (Å²) in [6.45, 7) is 7.97. The summed E-state index contributed by atoms with van der Waals surface area (Å²) in [6.07, 6.45) is 3.24. The maximum Gasteiger partial charge on any atom is 0.273 e. The molecule has 214 valence electrons. The van der Waals surface area contributed by atoms with Gasteiger partial charge in [0.05, 0.1) is 16.5 Å². The average molecular weight is 578 g/mol. The third kappa shape index (κ3) is 7.31. The summed E-state index contributed by atoms with van der Waals surface area (Å²) in [6, 6.07) is 24.5. The van der Waals surface area contributed by atoms with Crippen LogP contribution in [0, 0.1) is 5.82 Å². The molecule has 41 heavy (non-hydrogen) atoms. The lowest BCUT2D eigenvalue weighted by atomic mass is 9.78. The van der Waals surface area contributed by atoms with E-state index >= 15 is 8.78 Å². The fourth-order valence-corrected chi connectivity index (χ4v) is 5.22. The van der Waals surface area contributed by atoms with Gasteiger partial charge in [0.2, 0.25) is 0 Å². The van der Waals surface area contributed by atoms with Crippen molar-refractivity contribution in [1.82, 2.24) is 10.3 Å². The number of nitrogens with one attached hydrogen (secondary N) is 2. The first-order valence-corrected chi connectivity index (χ1v) is 14.2. The lowest BCUT2D eigenvalue weighted by Gasteiger charge is -2.38. The van der Waals surface area contributed by atoms with E-state index in [0.29, 0.717) is 59.0 Å². The molecule has 0 aliphatic carbocycles. The number of pyridine rings is 1. The number of unbranched alkanes of at least 4 members (excludes halogenated alkanes) is 1. The van der Waals surface area contributed by atoms with Gasteiger partial charge in [0.25, 0.3) is 5.92 Å². The molecule has 0 saturated carbocycles. The molecule has 7 heteroatoms. The van der Waals surface area contributed by atoms with E-state index in [-0.39, 0.29) is 12.0 Å². The minimum atomic E-state index is -3.00. The monoisotopic (exact) mass is 577 g/mol. The Morgan fingerprint density at radius 3 is 2.39 bits per heavy atom. The summed E-state index contributed by atoms with van der Waals surface area (Å²) >= 11 is 6.22. The molecular weight excluding hydrogens is 543 g/mol. The number of alkyl halides is 2. The molecule has 4 aromatic rings. The Morgan fingerprint density at radius 1 is 0.951 bits per heavy atom. The van der Waals surface area contributed by atoms with Crippen LogP contribution in [0.3, 0.4) is 0 Å². The Hall–Kier alpha value is -3.77. The fourth-order valence-electron chi connectivity index (χ4n) is 5.10. The second kappa shape index (κ2) is 13.3. The van der Waals surface area contributed by atoms with E-state index in [9.17, 15) is 4.39 Å². The number of hydrogen-bond acceptors (Lipinski definition) is 3. The third-order valence-corrected chi connectivity index (χ3v) is 7.41. The highest BCUT2D eigenvalue weighted by Crippen LogP contribution is 2.41. The first-order chi connectivity index (χ1) is 19.7. The van der Waals surface area contributed by atoms with Crippen LogP contribution in [-0.2, 0) is 24.3 Å². The topological polar surface area (TPSA) is 37.0 Å². The van der Waals surface area contributed by atoms with Crippen molar-refractivity contribution in [3.63, 3.8) is 0 Å². The Labute approximate surface area is 245 Å². The molecule has 1 aromatic heterocycles. The van der Waals surface area contributed by atoms with Gasteiger partial charge in [-0.05, 0) is 65.9 Å². The largest absolute Gasteiger partial charge is 0.357 e. The van der Waals surface area contributed by atoms with E-state index in [1.165, 1.54) is 18.3 Å². The molecule has 1 atom stereocenters. The zero-order valence-electron chi connectivity index (χ0n) is 23.4. The molecule has 0 amide bonds. The van der Waals surface area contributed by atoms with Gasteiger partial charge >= 0.3 is 0 Å². The van der Waals surface area contributed by atoms with E-state index in [2.05, 4.69) is 22.2 Å². The maximum absolute atomic E-state index is 15.7. The summed E-state index contributed by atoms with van der Waals surface area (Å²) in [7, 11) is 0. The Morgan fingerprint density at radius 2 is 1.73 bits per heavy atom. The highest BCUT2D eigenvalue weighted by atomic mass is 35.5. The predicted molar refractivity (Wildman–Crippen MR) is 162 cm³/mol. The number of aryl methyl sites for hydroxylation is 1. The van der Waals surface area contributed by atoms with Crippen molar-refractivity contribution in [1.29, 1.82) is 0 Å². The van der Waals surface area contributed by atoms with Gasteiger partial charge in [0.15, 0.2) is 0 Å². The van der Waals surface area contributed by atoms with Crippen LogP contribution in [-0.4, -0.2) is 4.98 Å². The van der Waals surface area contributed by atoms with Crippen molar-refractivity contribution in [2.75, 3.05) is 5.32 Å². The standard InChI is InChI=1S/C34H35ClF3N3/c1-4-6-19-34(37,38)31-20-27(16-15-26(31)5-2)33(22-25-11-8-7-9-12-25,32-18-17-28(35)23-39-32)41-24(3)40-30-14-10-13-29(36)21-30/h7-18,20-21,23,40-41H,3-6,19,22H2,1-2H3/t33-/m1/s1. The third-order valence-electron chi connectivity index (χ3n) is 7.18. The molecule has 3 nitrogen and oxygen atoms in total. The highest BCUT2D eigenvalue weighted by Gasteiger charge is 2.40. The van der Waals surface area contributed by atoms with E-state index in [1.54, 1.807) is 36.4 Å². The minimum Gasteiger partial charge on any atom is -0.357 e. The SMILES string of the molecule is C=C(Nc1cccc(F)c1)N[C@](Cc1ccccc1)(c1ccc(CC)c(C(F)(F)CCCC)c1)c1ccc(Cl)cn1. The summed E-state index contributed by atoms with van der Waals surface area (Å²) in [5.74, 6) is -3.05. The normalized spacial score (nSPS) is 12.9. The fraction of sp³-hybridized carbons (Fsp3) is 0.265. The molecule has 2 N–H and O–H groups in total. The van der Waals surface area contributed by atoms with Gasteiger partial charge in [0.1, 0.15) is 11.4 Å². The van der Waals surface area contributed by atoms with Gasteiger partial charge in [0, 0.05) is 30.3 Å². The number of halogens is 4. The zero-order chi connectivity index (χ0) is 29.5. The molecule has 3 aromatic carbocycles. The van der Waals surface area contributed by atoms with Crippen LogP contribution >= 0.6 is 11.6 Å². The molecule has 0 aliphatic heterocycles. The van der Waals surface area contributed by atoms with E-state index < -0.39 is 17.3 Å². The van der Waals surface area contributed by atoms with Gasteiger partial charge in [-0.25, -0.2) is 13.2 Å². The van der Waals surface area contributed by atoms with Crippen LogP contribution in [0.4, 0.5) is 18.9 Å². The Kier molecular flexibility index (Phi) is 9.77. The lowest BCUT2D eigenvalue weighted by molar-refractivity contribution is -0.0163. The summed E-state index contributed by atoms with van der Waals surface area (Å²) in [5.41, 5.74) is 2.10.